The van der Waals surface area contributed by atoms with E-state index in [1.807, 2.05) is 12.1 Å². The highest BCUT2D eigenvalue weighted by molar-refractivity contribution is 9.10. The minimum atomic E-state index is -0.270. The van der Waals surface area contributed by atoms with Crippen molar-refractivity contribution >= 4 is 27.5 Å². The van der Waals surface area contributed by atoms with Gasteiger partial charge in [-0.3, -0.25) is 14.2 Å². The third-order valence-electron chi connectivity index (χ3n) is 3.48. The van der Waals surface area contributed by atoms with Crippen LogP contribution in [0, 0.1) is 6.92 Å². The molecule has 3 aromatic rings. The number of amides is 1. The number of nitrogens with zero attached hydrogens (tertiary/aromatic N) is 4. The van der Waals surface area contributed by atoms with Crippen molar-refractivity contribution < 1.29 is 4.79 Å². The van der Waals surface area contributed by atoms with Crippen molar-refractivity contribution in [1.82, 2.24) is 19.6 Å². The van der Waals surface area contributed by atoms with Gasteiger partial charge in [0.2, 0.25) is 0 Å². The third-order valence-corrected chi connectivity index (χ3v) is 4.06. The first-order chi connectivity index (χ1) is 11.0. The van der Waals surface area contributed by atoms with Crippen LogP contribution in [-0.4, -0.2) is 25.5 Å². The molecule has 2 heterocycles. The van der Waals surface area contributed by atoms with E-state index in [9.17, 15) is 4.79 Å². The van der Waals surface area contributed by atoms with Crippen molar-refractivity contribution in [2.75, 3.05) is 5.32 Å². The van der Waals surface area contributed by atoms with E-state index in [4.69, 9.17) is 0 Å². The van der Waals surface area contributed by atoms with Gasteiger partial charge >= 0.3 is 0 Å². The second kappa shape index (κ2) is 6.37. The molecule has 1 amide bonds. The minimum absolute atomic E-state index is 0.270. The van der Waals surface area contributed by atoms with Crippen molar-refractivity contribution in [3.05, 3.63) is 64.1 Å². The summed E-state index contributed by atoms with van der Waals surface area (Å²) in [5.41, 5.74) is 3.40. The number of benzene rings is 1. The lowest BCUT2D eigenvalue weighted by Crippen LogP contribution is -2.13. The molecule has 0 aliphatic rings. The maximum atomic E-state index is 12.2. The van der Waals surface area contributed by atoms with Gasteiger partial charge in [-0.05, 0) is 34.0 Å². The van der Waals surface area contributed by atoms with Crippen LogP contribution in [0.1, 0.15) is 21.6 Å². The van der Waals surface area contributed by atoms with Crippen LogP contribution < -0.4 is 5.32 Å². The molecule has 0 atom stereocenters. The van der Waals surface area contributed by atoms with Crippen LogP contribution in [0.5, 0.6) is 0 Å². The van der Waals surface area contributed by atoms with Crippen LogP contribution in [0.2, 0.25) is 0 Å². The first kappa shape index (κ1) is 15.5. The Labute approximate surface area is 142 Å². The predicted molar refractivity (Wildman–Crippen MR) is 91.4 cm³/mol. The summed E-state index contributed by atoms with van der Waals surface area (Å²) in [6, 6.07) is 8.16. The Bertz CT molecular complexity index is 852. The molecule has 0 bridgehead atoms. The summed E-state index contributed by atoms with van der Waals surface area (Å²) in [5, 5.41) is 11.2. The Morgan fingerprint density at radius 1 is 1.30 bits per heavy atom. The van der Waals surface area contributed by atoms with E-state index in [2.05, 4.69) is 50.5 Å². The van der Waals surface area contributed by atoms with E-state index in [0.29, 0.717) is 22.4 Å². The van der Waals surface area contributed by atoms with Crippen LogP contribution in [0.15, 0.2) is 47.3 Å². The fourth-order valence-electron chi connectivity index (χ4n) is 2.28. The van der Waals surface area contributed by atoms with Gasteiger partial charge < -0.3 is 5.32 Å². The quantitative estimate of drug-likeness (QED) is 0.764. The standard InChI is InChI=1S/C16H16BrN5O/c1-11-5-3-4-6-12(11)8-22-9-13(7-18-22)19-16(23)15-14(17)10-21(2)20-15/h3-7,9-10H,8H2,1-2H3,(H,19,23). The highest BCUT2D eigenvalue weighted by Gasteiger charge is 2.15. The maximum Gasteiger partial charge on any atom is 0.277 e. The summed E-state index contributed by atoms with van der Waals surface area (Å²) in [6.45, 7) is 2.73. The summed E-state index contributed by atoms with van der Waals surface area (Å²) in [4.78, 5) is 12.2. The van der Waals surface area contributed by atoms with Gasteiger partial charge in [0.15, 0.2) is 5.69 Å². The van der Waals surface area contributed by atoms with Gasteiger partial charge in [0.05, 0.1) is 22.9 Å². The number of aromatic nitrogens is 4. The number of hydrogen-bond acceptors (Lipinski definition) is 3. The first-order valence-corrected chi connectivity index (χ1v) is 7.89. The molecular formula is C16H16BrN5O. The van der Waals surface area contributed by atoms with Gasteiger partial charge in [-0.1, -0.05) is 24.3 Å². The SMILES string of the molecule is Cc1ccccc1Cn1cc(NC(=O)c2nn(C)cc2Br)cn1. The Morgan fingerprint density at radius 2 is 2.09 bits per heavy atom. The molecule has 6 nitrogen and oxygen atoms in total. The zero-order valence-electron chi connectivity index (χ0n) is 12.8. The minimum Gasteiger partial charge on any atom is -0.318 e. The van der Waals surface area contributed by atoms with Gasteiger partial charge in [-0.25, -0.2) is 0 Å². The van der Waals surface area contributed by atoms with Crippen molar-refractivity contribution in [3.63, 3.8) is 0 Å². The third kappa shape index (κ3) is 3.50. The molecule has 0 aliphatic heterocycles. The van der Waals surface area contributed by atoms with Crippen molar-refractivity contribution in [1.29, 1.82) is 0 Å². The lowest BCUT2D eigenvalue weighted by molar-refractivity contribution is 0.102. The lowest BCUT2D eigenvalue weighted by Gasteiger charge is -2.05. The lowest BCUT2D eigenvalue weighted by atomic mass is 10.1. The van der Waals surface area contributed by atoms with Crippen molar-refractivity contribution in [2.45, 2.75) is 13.5 Å². The average Bonchev–Trinajstić information content (AvgIpc) is 3.07. The number of aryl methyl sites for hydroxylation is 2. The van der Waals surface area contributed by atoms with Crippen LogP contribution in [0.25, 0.3) is 0 Å². The molecule has 0 fully saturated rings. The molecule has 0 saturated heterocycles. The van der Waals surface area contributed by atoms with Crippen LogP contribution in [0.3, 0.4) is 0 Å². The number of nitrogens with one attached hydrogen (secondary N) is 1. The molecule has 3 rings (SSSR count). The van der Waals surface area contributed by atoms with Crippen molar-refractivity contribution in [2.24, 2.45) is 7.05 Å². The second-order valence-electron chi connectivity index (χ2n) is 5.31. The van der Waals surface area contributed by atoms with Crippen LogP contribution in [-0.2, 0) is 13.6 Å². The second-order valence-corrected chi connectivity index (χ2v) is 6.16. The average molecular weight is 374 g/mol. The molecule has 1 N–H and O–H groups in total. The zero-order valence-corrected chi connectivity index (χ0v) is 14.4. The number of anilines is 1. The molecule has 0 unspecified atom stereocenters. The van der Waals surface area contributed by atoms with Gasteiger partial charge in [0, 0.05) is 19.4 Å². The predicted octanol–water partition coefficient (Wildman–Crippen LogP) is 2.99. The fraction of sp³-hybridized carbons (Fsp3) is 0.188. The first-order valence-electron chi connectivity index (χ1n) is 7.10. The van der Waals surface area contributed by atoms with Gasteiger partial charge in [-0.15, -0.1) is 0 Å². The molecule has 0 saturated carbocycles. The van der Waals surface area contributed by atoms with Crippen LogP contribution in [0.4, 0.5) is 5.69 Å². The van der Waals surface area contributed by atoms with E-state index in [0.717, 1.165) is 0 Å². The molecule has 0 radical (unpaired) electrons. The van der Waals surface area contributed by atoms with Crippen LogP contribution >= 0.6 is 15.9 Å². The molecule has 0 spiro atoms. The van der Waals surface area contributed by atoms with E-state index >= 15 is 0 Å². The number of carbonyl (C=O) groups excluding carboxylic acids is 1. The van der Waals surface area contributed by atoms with Gasteiger partial charge in [0.1, 0.15) is 0 Å². The fourth-order valence-corrected chi connectivity index (χ4v) is 2.84. The number of hydrogen-bond donors (Lipinski definition) is 1. The number of carbonyl (C=O) groups is 1. The molecule has 0 aliphatic carbocycles. The largest absolute Gasteiger partial charge is 0.318 e. The van der Waals surface area contributed by atoms with E-state index in [-0.39, 0.29) is 5.91 Å². The Hall–Kier alpha value is -2.41. The summed E-state index contributed by atoms with van der Waals surface area (Å²) in [7, 11) is 1.77. The highest BCUT2D eigenvalue weighted by Crippen LogP contribution is 2.17. The summed E-state index contributed by atoms with van der Waals surface area (Å²) in [5.74, 6) is -0.270. The Kier molecular flexibility index (Phi) is 4.29. The van der Waals surface area contributed by atoms with E-state index in [1.54, 1.807) is 35.0 Å². The number of rotatable bonds is 4. The summed E-state index contributed by atoms with van der Waals surface area (Å²) < 4.78 is 4.04. The molecule has 23 heavy (non-hydrogen) atoms. The molecule has 1 aromatic carbocycles. The molecular weight excluding hydrogens is 358 g/mol. The maximum absolute atomic E-state index is 12.2. The normalized spacial score (nSPS) is 10.7. The van der Waals surface area contributed by atoms with Gasteiger partial charge in [0.25, 0.3) is 5.91 Å². The van der Waals surface area contributed by atoms with E-state index < -0.39 is 0 Å². The summed E-state index contributed by atoms with van der Waals surface area (Å²) >= 11 is 3.32. The molecule has 7 heteroatoms. The number of halogens is 1. The summed E-state index contributed by atoms with van der Waals surface area (Å²) in [6.07, 6.45) is 5.17. The smallest absolute Gasteiger partial charge is 0.277 e. The zero-order chi connectivity index (χ0) is 16.4. The topological polar surface area (TPSA) is 64.7 Å². The monoisotopic (exact) mass is 373 g/mol. The molecule has 2 aromatic heterocycles. The van der Waals surface area contributed by atoms with Gasteiger partial charge in [-0.2, -0.15) is 10.2 Å². The van der Waals surface area contributed by atoms with Crippen molar-refractivity contribution in [3.8, 4) is 0 Å². The molecule has 118 valence electrons. The Balaban J connectivity index is 1.71. The van der Waals surface area contributed by atoms with E-state index in [1.165, 1.54) is 11.1 Å². The Morgan fingerprint density at radius 3 is 2.78 bits per heavy atom. The highest BCUT2D eigenvalue weighted by atomic mass is 79.9.